The van der Waals surface area contributed by atoms with Crippen molar-refractivity contribution in [2.75, 3.05) is 5.75 Å². The molecule has 0 bridgehead atoms. The van der Waals surface area contributed by atoms with Crippen molar-refractivity contribution < 1.29 is 4.79 Å². The third-order valence-corrected chi connectivity index (χ3v) is 5.29. The average Bonchev–Trinajstić information content (AvgIpc) is 2.52. The van der Waals surface area contributed by atoms with E-state index in [9.17, 15) is 4.79 Å². The number of aryl methyl sites for hydroxylation is 1. The molecule has 0 saturated heterocycles. The number of hydrogen-bond acceptors (Lipinski definition) is 4. The van der Waals surface area contributed by atoms with Gasteiger partial charge in [0.1, 0.15) is 0 Å². The summed E-state index contributed by atoms with van der Waals surface area (Å²) in [7, 11) is 0. The summed E-state index contributed by atoms with van der Waals surface area (Å²) in [5.41, 5.74) is 4.94. The van der Waals surface area contributed by atoms with Crippen LogP contribution in [0.15, 0.2) is 15.4 Å². The molecule has 16 heavy (non-hydrogen) atoms. The Morgan fingerprint density at radius 2 is 2.44 bits per heavy atom. The van der Waals surface area contributed by atoms with Crippen LogP contribution in [0.5, 0.6) is 0 Å². The first kappa shape index (κ1) is 10.4. The Labute approximate surface area is 102 Å². The second-order valence-corrected chi connectivity index (χ2v) is 6.75. The zero-order valence-corrected chi connectivity index (χ0v) is 10.6. The van der Waals surface area contributed by atoms with Gasteiger partial charge in [-0.3, -0.25) is 4.79 Å². The summed E-state index contributed by atoms with van der Waals surface area (Å²) in [6.45, 7) is 2.12. The van der Waals surface area contributed by atoms with Gasteiger partial charge in [-0.2, -0.15) is 5.10 Å². The Hall–Kier alpha value is -0.810. The number of carbonyl (C=O) groups is 1. The Balaban J connectivity index is 2.08. The highest BCUT2D eigenvalue weighted by atomic mass is 32.2. The predicted molar refractivity (Wildman–Crippen MR) is 67.2 cm³/mol. The molecule has 0 saturated carbocycles. The molecule has 1 atom stereocenters. The molecule has 0 radical (unpaired) electrons. The van der Waals surface area contributed by atoms with Crippen molar-refractivity contribution >= 4 is 34.7 Å². The molecule has 84 valence electrons. The van der Waals surface area contributed by atoms with Crippen LogP contribution in [-0.2, 0) is 4.79 Å². The quantitative estimate of drug-likeness (QED) is 0.770. The first-order valence-electron chi connectivity index (χ1n) is 5.34. The van der Waals surface area contributed by atoms with E-state index >= 15 is 0 Å². The van der Waals surface area contributed by atoms with Crippen LogP contribution < -0.4 is 5.43 Å². The lowest BCUT2D eigenvalue weighted by Gasteiger charge is -2.20. The largest absolute Gasteiger partial charge is 0.273 e. The highest BCUT2D eigenvalue weighted by Crippen LogP contribution is 2.39. The molecule has 2 aliphatic heterocycles. The Kier molecular flexibility index (Phi) is 2.52. The van der Waals surface area contributed by atoms with Crippen LogP contribution in [0.1, 0.15) is 23.3 Å². The summed E-state index contributed by atoms with van der Waals surface area (Å²) >= 11 is 3.73. The second kappa shape index (κ2) is 3.89. The molecule has 1 aromatic rings. The maximum atomic E-state index is 11.3. The second-order valence-electron chi connectivity index (χ2n) is 4.13. The molecule has 3 nitrogen and oxygen atoms in total. The monoisotopic (exact) mass is 252 g/mol. The molecule has 1 aromatic heterocycles. The van der Waals surface area contributed by atoms with Gasteiger partial charge in [-0.15, -0.1) is 23.1 Å². The molecule has 0 aromatic carbocycles. The number of carbonyl (C=O) groups excluding carboxylic acids is 1. The summed E-state index contributed by atoms with van der Waals surface area (Å²) in [5, 5.41) is 4.26. The van der Waals surface area contributed by atoms with E-state index in [4.69, 9.17) is 0 Å². The maximum absolute atomic E-state index is 11.3. The van der Waals surface area contributed by atoms with Crippen molar-refractivity contribution in [3.63, 3.8) is 0 Å². The fourth-order valence-electron chi connectivity index (χ4n) is 2.17. The van der Waals surface area contributed by atoms with Gasteiger partial charge in [-0.05, 0) is 25.2 Å². The highest BCUT2D eigenvalue weighted by molar-refractivity contribution is 8.01. The lowest BCUT2D eigenvalue weighted by Crippen LogP contribution is -2.33. The molecule has 1 unspecified atom stereocenters. The van der Waals surface area contributed by atoms with Crippen LogP contribution in [0.3, 0.4) is 0 Å². The molecule has 0 fully saturated rings. The third kappa shape index (κ3) is 1.68. The number of rotatable bonds is 0. The summed E-state index contributed by atoms with van der Waals surface area (Å²) in [4.78, 5) is 12.6. The van der Waals surface area contributed by atoms with E-state index in [2.05, 4.69) is 23.5 Å². The number of thioether (sulfide) groups is 1. The maximum Gasteiger partial charge on any atom is 0.240 e. The van der Waals surface area contributed by atoms with Gasteiger partial charge in [-0.1, -0.05) is 0 Å². The van der Waals surface area contributed by atoms with E-state index in [1.165, 1.54) is 14.6 Å². The van der Waals surface area contributed by atoms with Crippen LogP contribution in [0.4, 0.5) is 0 Å². The number of nitrogens with one attached hydrogen (secondary N) is 1. The minimum Gasteiger partial charge on any atom is -0.273 e. The average molecular weight is 252 g/mol. The van der Waals surface area contributed by atoms with Crippen molar-refractivity contribution in [3.05, 3.63) is 16.5 Å². The smallest absolute Gasteiger partial charge is 0.240 e. The number of nitrogens with zero attached hydrogens (tertiary/aromatic N) is 1. The van der Waals surface area contributed by atoms with E-state index in [1.54, 1.807) is 0 Å². The predicted octanol–water partition coefficient (Wildman–Crippen LogP) is 2.39. The number of thiophene rings is 1. The molecule has 1 N–H and O–H groups in total. The number of fused-ring (bicyclic) bond motifs is 3. The summed E-state index contributed by atoms with van der Waals surface area (Å²) in [6, 6.07) is 2.20. The first-order valence-corrected chi connectivity index (χ1v) is 7.14. The van der Waals surface area contributed by atoms with Gasteiger partial charge >= 0.3 is 0 Å². The zero-order chi connectivity index (χ0) is 11.1. The molecule has 3 rings (SSSR count). The Morgan fingerprint density at radius 1 is 1.56 bits per heavy atom. The van der Waals surface area contributed by atoms with Gasteiger partial charge in [0, 0.05) is 22.8 Å². The molecular weight excluding hydrogens is 240 g/mol. The van der Waals surface area contributed by atoms with E-state index in [1.807, 2.05) is 23.1 Å². The minimum atomic E-state index is 0.0501. The van der Waals surface area contributed by atoms with E-state index in [0.29, 0.717) is 12.3 Å². The summed E-state index contributed by atoms with van der Waals surface area (Å²) in [6.07, 6.45) is 1.64. The fraction of sp³-hybridized carbons (Fsp3) is 0.455. The standard InChI is InChI=1S/C11H12N2OS2/c1-6-4-8-10-7(5-9(14)12-13-10)2-3-15-11(8)16-6/h4,7H,2-3,5H2,1H3,(H,12,14). The number of hydrogen-bond donors (Lipinski definition) is 1. The number of amides is 1. The lowest BCUT2D eigenvalue weighted by molar-refractivity contribution is -0.122. The first-order chi connectivity index (χ1) is 7.74. The Morgan fingerprint density at radius 3 is 3.31 bits per heavy atom. The minimum absolute atomic E-state index is 0.0501. The Bertz CT molecular complexity index is 478. The highest BCUT2D eigenvalue weighted by Gasteiger charge is 2.30. The van der Waals surface area contributed by atoms with Crippen molar-refractivity contribution in [3.8, 4) is 0 Å². The van der Waals surface area contributed by atoms with Crippen LogP contribution in [0.25, 0.3) is 0 Å². The molecule has 3 heterocycles. The van der Waals surface area contributed by atoms with Gasteiger partial charge < -0.3 is 0 Å². The SMILES string of the molecule is Cc1cc2c(s1)SCCC1CC(=O)NN=C21. The van der Waals surface area contributed by atoms with E-state index in [-0.39, 0.29) is 5.91 Å². The van der Waals surface area contributed by atoms with Crippen molar-refractivity contribution in [2.24, 2.45) is 11.0 Å². The third-order valence-electron chi connectivity index (χ3n) is 2.92. The van der Waals surface area contributed by atoms with Crippen molar-refractivity contribution in [2.45, 2.75) is 24.0 Å². The van der Waals surface area contributed by atoms with E-state index < -0.39 is 0 Å². The molecule has 0 spiro atoms. The fourth-order valence-corrected chi connectivity index (χ4v) is 4.70. The van der Waals surface area contributed by atoms with Gasteiger partial charge in [0.15, 0.2) is 0 Å². The topological polar surface area (TPSA) is 41.5 Å². The van der Waals surface area contributed by atoms with Gasteiger partial charge in [0.25, 0.3) is 0 Å². The van der Waals surface area contributed by atoms with Crippen molar-refractivity contribution in [1.82, 2.24) is 5.43 Å². The van der Waals surface area contributed by atoms with E-state index in [0.717, 1.165) is 17.9 Å². The molecule has 1 amide bonds. The van der Waals surface area contributed by atoms with Gasteiger partial charge in [-0.25, -0.2) is 5.43 Å². The number of hydrazone groups is 1. The lowest BCUT2D eigenvalue weighted by atomic mass is 9.91. The normalized spacial score (nSPS) is 23.9. The zero-order valence-electron chi connectivity index (χ0n) is 8.95. The molecular formula is C11H12N2OS2. The van der Waals surface area contributed by atoms with Gasteiger partial charge in [0.2, 0.25) is 5.91 Å². The van der Waals surface area contributed by atoms with Gasteiger partial charge in [0.05, 0.1) is 9.92 Å². The van der Waals surface area contributed by atoms with Crippen LogP contribution in [-0.4, -0.2) is 17.4 Å². The van der Waals surface area contributed by atoms with Crippen LogP contribution in [0.2, 0.25) is 0 Å². The molecule has 5 heteroatoms. The summed E-state index contributed by atoms with van der Waals surface area (Å²) < 4.78 is 1.36. The molecule has 0 aliphatic carbocycles. The van der Waals surface area contributed by atoms with Crippen LogP contribution >= 0.6 is 23.1 Å². The molecule has 2 aliphatic rings. The van der Waals surface area contributed by atoms with Crippen molar-refractivity contribution in [1.29, 1.82) is 0 Å². The van der Waals surface area contributed by atoms with Crippen LogP contribution in [0, 0.1) is 12.8 Å². The summed E-state index contributed by atoms with van der Waals surface area (Å²) in [5.74, 6) is 1.45.